The molecule has 1 aliphatic rings. The van der Waals surface area contributed by atoms with Crippen molar-refractivity contribution in [2.75, 3.05) is 45.8 Å². The third-order valence-electron chi connectivity index (χ3n) is 4.71. The summed E-state index contributed by atoms with van der Waals surface area (Å²) in [4.78, 5) is 16.4. The Labute approximate surface area is 161 Å². The molecule has 0 saturated carbocycles. The fourth-order valence-electron chi connectivity index (χ4n) is 3.01. The van der Waals surface area contributed by atoms with E-state index in [0.717, 1.165) is 51.8 Å². The molecule has 1 heterocycles. The number of carbonyl (C=O) groups is 1. The molecule has 1 saturated heterocycles. The number of likely N-dealkylation sites (N-methyl/N-ethyl adjacent to an activating group) is 1. The second-order valence-corrected chi connectivity index (χ2v) is 8.38. The minimum absolute atomic E-state index is 0.425. The predicted octanol–water partition coefficient (Wildman–Crippen LogP) is 0.636. The fourth-order valence-corrected chi connectivity index (χ4v) is 4.29. The Morgan fingerprint density at radius 2 is 1.81 bits per heavy atom. The number of nitrogens with one attached hydrogen (secondary N) is 2. The average molecular weight is 401 g/mol. The van der Waals surface area contributed by atoms with Crippen molar-refractivity contribution in [1.29, 1.82) is 0 Å². The van der Waals surface area contributed by atoms with Crippen molar-refractivity contribution in [1.82, 2.24) is 19.8 Å². The van der Waals surface area contributed by atoms with Crippen LogP contribution in [0.2, 0.25) is 0 Å². The summed E-state index contributed by atoms with van der Waals surface area (Å²) in [6, 6.07) is 4.10. The lowest BCUT2D eigenvalue weighted by atomic mass is 10.3. The van der Waals surface area contributed by atoms with E-state index in [1.165, 1.54) is 25.1 Å². The minimum atomic E-state index is -4.09. The maximum atomic E-state index is 13.7. The molecule has 0 unspecified atom stereocenters. The van der Waals surface area contributed by atoms with Crippen LogP contribution in [0.15, 0.2) is 29.2 Å². The molecule has 0 spiro atoms. The van der Waals surface area contributed by atoms with Gasteiger partial charge in [0.15, 0.2) is 0 Å². The number of amides is 1. The van der Waals surface area contributed by atoms with Crippen LogP contribution in [0.5, 0.6) is 0 Å². The van der Waals surface area contributed by atoms with Gasteiger partial charge < -0.3 is 15.1 Å². The molecule has 2 rings (SSSR count). The van der Waals surface area contributed by atoms with Crippen molar-refractivity contribution in [3.05, 3.63) is 30.1 Å². The Bertz CT molecular complexity index is 721. The number of rotatable bonds is 9. The minimum Gasteiger partial charge on any atom is -0.355 e. The zero-order chi connectivity index (χ0) is 19.9. The number of piperazine rings is 1. The molecule has 2 N–H and O–H groups in total. The molecular formula is C18H29FN4O3S. The molecule has 0 aliphatic carbocycles. The Morgan fingerprint density at radius 3 is 2.44 bits per heavy atom. The fraction of sp³-hybridized carbons (Fsp3) is 0.611. The van der Waals surface area contributed by atoms with Gasteiger partial charge in [0.05, 0.1) is 6.04 Å². The van der Waals surface area contributed by atoms with E-state index >= 15 is 0 Å². The summed E-state index contributed by atoms with van der Waals surface area (Å²) in [5.74, 6) is -1.27. The third kappa shape index (κ3) is 6.53. The first-order valence-corrected chi connectivity index (χ1v) is 10.8. The van der Waals surface area contributed by atoms with E-state index in [9.17, 15) is 17.6 Å². The number of hydrogen-bond acceptors (Lipinski definition) is 5. The van der Waals surface area contributed by atoms with Gasteiger partial charge >= 0.3 is 0 Å². The van der Waals surface area contributed by atoms with Crippen molar-refractivity contribution in [3.8, 4) is 0 Å². The van der Waals surface area contributed by atoms with Gasteiger partial charge in [0.25, 0.3) is 0 Å². The van der Waals surface area contributed by atoms with E-state index in [0.29, 0.717) is 6.54 Å². The Morgan fingerprint density at radius 1 is 1.19 bits per heavy atom. The number of nitrogens with zero attached hydrogens (tertiary/aromatic N) is 2. The molecule has 0 aromatic heterocycles. The molecule has 0 bridgehead atoms. The molecule has 7 nitrogen and oxygen atoms in total. The van der Waals surface area contributed by atoms with Crippen LogP contribution in [0.1, 0.15) is 20.3 Å². The lowest BCUT2D eigenvalue weighted by Crippen LogP contribution is -2.47. The van der Waals surface area contributed by atoms with Gasteiger partial charge in [0.1, 0.15) is 10.7 Å². The van der Waals surface area contributed by atoms with Crippen LogP contribution in [0, 0.1) is 5.82 Å². The van der Waals surface area contributed by atoms with E-state index in [1.807, 2.05) is 0 Å². The van der Waals surface area contributed by atoms with E-state index in [1.54, 1.807) is 0 Å². The molecule has 1 atom stereocenters. The highest BCUT2D eigenvalue weighted by molar-refractivity contribution is 7.89. The first kappa shape index (κ1) is 21.7. The van der Waals surface area contributed by atoms with Crippen LogP contribution in [-0.2, 0) is 14.8 Å². The number of sulfonamides is 1. The predicted molar refractivity (Wildman–Crippen MR) is 102 cm³/mol. The van der Waals surface area contributed by atoms with Gasteiger partial charge in [0.2, 0.25) is 15.9 Å². The lowest BCUT2D eigenvalue weighted by molar-refractivity contribution is -0.122. The molecule has 9 heteroatoms. The quantitative estimate of drug-likeness (QED) is 0.595. The van der Waals surface area contributed by atoms with Crippen molar-refractivity contribution < 1.29 is 17.6 Å². The third-order valence-corrected chi connectivity index (χ3v) is 6.29. The molecule has 1 fully saturated rings. The van der Waals surface area contributed by atoms with Crippen LogP contribution in [0.25, 0.3) is 0 Å². The van der Waals surface area contributed by atoms with Crippen LogP contribution in [0.4, 0.5) is 4.39 Å². The highest BCUT2D eigenvalue weighted by Gasteiger charge is 2.24. The second kappa shape index (κ2) is 10.1. The molecule has 1 aromatic carbocycles. The molecule has 1 aliphatic heterocycles. The monoisotopic (exact) mass is 400 g/mol. The molecule has 1 amide bonds. The van der Waals surface area contributed by atoms with Crippen LogP contribution >= 0.6 is 0 Å². The molecule has 0 radical (unpaired) electrons. The van der Waals surface area contributed by atoms with E-state index in [2.05, 4.69) is 26.8 Å². The largest absolute Gasteiger partial charge is 0.355 e. The lowest BCUT2D eigenvalue weighted by Gasteiger charge is -2.34. The Balaban J connectivity index is 1.72. The highest BCUT2D eigenvalue weighted by atomic mass is 32.2. The average Bonchev–Trinajstić information content (AvgIpc) is 2.65. The highest BCUT2D eigenvalue weighted by Crippen LogP contribution is 2.13. The van der Waals surface area contributed by atoms with Gasteiger partial charge in [0, 0.05) is 32.7 Å². The van der Waals surface area contributed by atoms with Gasteiger partial charge in [-0.25, -0.2) is 12.8 Å². The molecule has 1 aromatic rings. The number of carbonyl (C=O) groups excluding carboxylic acids is 1. The van der Waals surface area contributed by atoms with Crippen molar-refractivity contribution in [2.45, 2.75) is 31.2 Å². The molecular weight excluding hydrogens is 371 g/mol. The van der Waals surface area contributed by atoms with Gasteiger partial charge in [-0.1, -0.05) is 19.1 Å². The van der Waals surface area contributed by atoms with Crippen molar-refractivity contribution >= 4 is 15.9 Å². The summed E-state index contributed by atoms with van der Waals surface area (Å²) in [5.41, 5.74) is 0. The van der Waals surface area contributed by atoms with Gasteiger partial charge in [-0.15, -0.1) is 0 Å². The van der Waals surface area contributed by atoms with Crippen molar-refractivity contribution in [2.24, 2.45) is 0 Å². The molecule has 27 heavy (non-hydrogen) atoms. The first-order valence-electron chi connectivity index (χ1n) is 9.32. The summed E-state index contributed by atoms with van der Waals surface area (Å²) >= 11 is 0. The summed E-state index contributed by atoms with van der Waals surface area (Å²) in [5, 5.41) is 2.73. The summed E-state index contributed by atoms with van der Waals surface area (Å²) in [6.45, 7) is 10.2. The Kier molecular flexibility index (Phi) is 8.15. The summed E-state index contributed by atoms with van der Waals surface area (Å²) in [7, 11) is -4.09. The van der Waals surface area contributed by atoms with E-state index < -0.39 is 32.7 Å². The normalized spacial score (nSPS) is 17.6. The number of benzene rings is 1. The van der Waals surface area contributed by atoms with Crippen LogP contribution in [-0.4, -0.2) is 76.0 Å². The van der Waals surface area contributed by atoms with Crippen molar-refractivity contribution in [3.63, 3.8) is 0 Å². The zero-order valence-electron chi connectivity index (χ0n) is 15.9. The van der Waals surface area contributed by atoms with Gasteiger partial charge in [-0.3, -0.25) is 4.79 Å². The zero-order valence-corrected chi connectivity index (χ0v) is 16.8. The standard InChI is InChI=1S/C18H29FN4O3S/c1-3-22-11-13-23(14-12-22)10-6-9-20-18(24)15(2)21-27(25,26)17-8-5-4-7-16(17)19/h4-5,7-8,15,21H,3,6,9-14H2,1-2H3,(H,20,24)/t15-/m0/s1. The summed E-state index contributed by atoms with van der Waals surface area (Å²) < 4.78 is 40.3. The van der Waals surface area contributed by atoms with Crippen LogP contribution < -0.4 is 10.0 Å². The maximum Gasteiger partial charge on any atom is 0.244 e. The van der Waals surface area contributed by atoms with E-state index in [-0.39, 0.29) is 0 Å². The number of halogens is 1. The second-order valence-electron chi connectivity index (χ2n) is 6.69. The van der Waals surface area contributed by atoms with Crippen LogP contribution in [0.3, 0.4) is 0 Å². The smallest absolute Gasteiger partial charge is 0.244 e. The first-order chi connectivity index (χ1) is 12.8. The SMILES string of the molecule is CCN1CCN(CCCNC(=O)[C@H](C)NS(=O)(=O)c2ccccc2F)CC1. The Hall–Kier alpha value is -1.55. The topological polar surface area (TPSA) is 81.8 Å². The maximum absolute atomic E-state index is 13.7. The molecule has 152 valence electrons. The van der Waals surface area contributed by atoms with E-state index in [4.69, 9.17) is 0 Å². The van der Waals surface area contributed by atoms with Gasteiger partial charge in [-0.2, -0.15) is 4.72 Å². The summed E-state index contributed by atoms with van der Waals surface area (Å²) in [6.07, 6.45) is 0.796. The van der Waals surface area contributed by atoms with Gasteiger partial charge in [-0.05, 0) is 38.6 Å². The number of hydrogen-bond donors (Lipinski definition) is 2.